The lowest BCUT2D eigenvalue weighted by atomic mass is 10.1. The number of aromatic nitrogens is 1. The molecule has 5 nitrogen and oxygen atoms in total. The molecular weight excluding hydrogens is 415 g/mol. The van der Waals surface area contributed by atoms with E-state index in [1.165, 1.54) is 11.1 Å². The number of nitrogens with zero attached hydrogens (tertiary/aromatic N) is 2. The topological polar surface area (TPSA) is 58.5 Å². The van der Waals surface area contributed by atoms with Gasteiger partial charge in [-0.3, -0.25) is 4.98 Å². The Morgan fingerprint density at radius 1 is 1.21 bits per heavy atom. The third-order valence-electron chi connectivity index (χ3n) is 3.14. The molecule has 0 spiro atoms. The summed E-state index contributed by atoms with van der Waals surface area (Å²) in [5.74, 6) is 1.57. The fourth-order valence-electron chi connectivity index (χ4n) is 2.09. The van der Waals surface area contributed by atoms with Crippen LogP contribution in [0.2, 0.25) is 0 Å². The van der Waals surface area contributed by atoms with Crippen molar-refractivity contribution in [2.24, 2.45) is 4.99 Å². The van der Waals surface area contributed by atoms with Crippen LogP contribution in [0.4, 0.5) is 0 Å². The quantitative estimate of drug-likeness (QED) is 0.301. The number of aliphatic imine (C=N–C) groups is 1. The number of nitrogens with one attached hydrogen (secondary N) is 2. The SMILES string of the molecule is CCNC(=NCc1cccc(C)c1)NCCOc1cccnc1.I. The number of guanidine groups is 1. The van der Waals surface area contributed by atoms with Gasteiger partial charge in [0.25, 0.3) is 0 Å². The average Bonchev–Trinajstić information content (AvgIpc) is 2.57. The van der Waals surface area contributed by atoms with E-state index >= 15 is 0 Å². The van der Waals surface area contributed by atoms with Crippen LogP contribution in [0, 0.1) is 6.92 Å². The maximum absolute atomic E-state index is 5.61. The fourth-order valence-corrected chi connectivity index (χ4v) is 2.09. The van der Waals surface area contributed by atoms with Gasteiger partial charge in [0.05, 0.1) is 19.3 Å². The minimum atomic E-state index is 0. The van der Waals surface area contributed by atoms with Gasteiger partial charge in [-0.1, -0.05) is 29.8 Å². The molecule has 2 aromatic rings. The van der Waals surface area contributed by atoms with Gasteiger partial charge in [-0.15, -0.1) is 24.0 Å². The monoisotopic (exact) mass is 440 g/mol. The Hall–Kier alpha value is -1.83. The molecule has 0 bridgehead atoms. The zero-order valence-corrected chi connectivity index (χ0v) is 16.5. The molecule has 0 unspecified atom stereocenters. The van der Waals surface area contributed by atoms with E-state index in [0.717, 1.165) is 18.3 Å². The number of hydrogen-bond acceptors (Lipinski definition) is 3. The first-order chi connectivity index (χ1) is 11.3. The summed E-state index contributed by atoms with van der Waals surface area (Å²) in [6, 6.07) is 12.1. The Bertz CT molecular complexity index is 619. The molecule has 2 N–H and O–H groups in total. The number of aryl methyl sites for hydroxylation is 1. The van der Waals surface area contributed by atoms with E-state index in [0.29, 0.717) is 19.7 Å². The third kappa shape index (κ3) is 7.63. The normalized spacial score (nSPS) is 10.7. The van der Waals surface area contributed by atoms with Gasteiger partial charge >= 0.3 is 0 Å². The zero-order valence-electron chi connectivity index (χ0n) is 14.2. The Morgan fingerprint density at radius 3 is 2.79 bits per heavy atom. The Labute approximate surface area is 161 Å². The number of benzene rings is 1. The van der Waals surface area contributed by atoms with Crippen molar-refractivity contribution in [3.8, 4) is 5.75 Å². The van der Waals surface area contributed by atoms with E-state index in [1.54, 1.807) is 12.4 Å². The van der Waals surface area contributed by atoms with Crippen LogP contribution in [0.1, 0.15) is 18.1 Å². The molecule has 0 radical (unpaired) electrons. The predicted octanol–water partition coefficient (Wildman–Crippen LogP) is 3.14. The van der Waals surface area contributed by atoms with Crippen molar-refractivity contribution in [2.75, 3.05) is 19.7 Å². The molecule has 0 amide bonds. The highest BCUT2D eigenvalue weighted by atomic mass is 127. The second-order valence-electron chi connectivity index (χ2n) is 5.15. The summed E-state index contributed by atoms with van der Waals surface area (Å²) in [6.07, 6.45) is 3.43. The van der Waals surface area contributed by atoms with E-state index < -0.39 is 0 Å². The fraction of sp³-hybridized carbons (Fsp3) is 0.333. The molecule has 24 heavy (non-hydrogen) atoms. The minimum Gasteiger partial charge on any atom is -0.490 e. The number of halogens is 1. The first kappa shape index (κ1) is 20.2. The summed E-state index contributed by atoms with van der Waals surface area (Å²) >= 11 is 0. The van der Waals surface area contributed by atoms with Gasteiger partial charge in [-0.25, -0.2) is 4.99 Å². The second kappa shape index (κ2) is 11.7. The standard InChI is InChI=1S/C18H24N4O.HI/c1-3-20-18(22-13-16-7-4-6-15(2)12-16)21-10-11-23-17-8-5-9-19-14-17;/h4-9,12,14H,3,10-11,13H2,1-2H3,(H2,20,21,22);1H. The molecule has 6 heteroatoms. The van der Waals surface area contributed by atoms with E-state index in [1.807, 2.05) is 12.1 Å². The van der Waals surface area contributed by atoms with Crippen LogP contribution >= 0.6 is 24.0 Å². The lowest BCUT2D eigenvalue weighted by Gasteiger charge is -2.12. The molecule has 2 rings (SSSR count). The molecule has 0 aliphatic carbocycles. The van der Waals surface area contributed by atoms with Crippen LogP contribution in [-0.2, 0) is 6.54 Å². The van der Waals surface area contributed by atoms with Crippen molar-refractivity contribution in [1.82, 2.24) is 15.6 Å². The van der Waals surface area contributed by atoms with Crippen molar-refractivity contribution in [1.29, 1.82) is 0 Å². The van der Waals surface area contributed by atoms with Crippen LogP contribution in [0.3, 0.4) is 0 Å². The third-order valence-corrected chi connectivity index (χ3v) is 3.14. The average molecular weight is 440 g/mol. The molecule has 0 saturated carbocycles. The molecule has 0 saturated heterocycles. The van der Waals surface area contributed by atoms with Crippen molar-refractivity contribution < 1.29 is 4.74 Å². The van der Waals surface area contributed by atoms with Gasteiger partial charge in [0, 0.05) is 12.7 Å². The lowest BCUT2D eigenvalue weighted by Crippen LogP contribution is -2.39. The summed E-state index contributed by atoms with van der Waals surface area (Å²) < 4.78 is 5.61. The summed E-state index contributed by atoms with van der Waals surface area (Å²) in [5.41, 5.74) is 2.45. The van der Waals surface area contributed by atoms with Crippen molar-refractivity contribution >= 4 is 29.9 Å². The number of hydrogen-bond donors (Lipinski definition) is 2. The zero-order chi connectivity index (χ0) is 16.3. The van der Waals surface area contributed by atoms with Crippen LogP contribution in [-0.4, -0.2) is 30.6 Å². The first-order valence-corrected chi connectivity index (χ1v) is 7.88. The molecular formula is C18H25IN4O. The van der Waals surface area contributed by atoms with Gasteiger partial charge < -0.3 is 15.4 Å². The lowest BCUT2D eigenvalue weighted by molar-refractivity contribution is 0.320. The van der Waals surface area contributed by atoms with Crippen molar-refractivity contribution in [3.63, 3.8) is 0 Å². The molecule has 1 aromatic carbocycles. The van der Waals surface area contributed by atoms with Crippen LogP contribution in [0.25, 0.3) is 0 Å². The van der Waals surface area contributed by atoms with Crippen molar-refractivity contribution in [3.05, 3.63) is 59.9 Å². The summed E-state index contributed by atoms with van der Waals surface area (Å²) in [4.78, 5) is 8.61. The first-order valence-electron chi connectivity index (χ1n) is 7.88. The molecule has 0 aliphatic rings. The van der Waals surface area contributed by atoms with Crippen LogP contribution < -0.4 is 15.4 Å². The Kier molecular flexibility index (Phi) is 9.83. The number of ether oxygens (including phenoxy) is 1. The maximum atomic E-state index is 5.61. The van der Waals surface area contributed by atoms with Crippen molar-refractivity contribution in [2.45, 2.75) is 20.4 Å². The highest BCUT2D eigenvalue weighted by molar-refractivity contribution is 14.0. The van der Waals surface area contributed by atoms with Gasteiger partial charge in [0.2, 0.25) is 0 Å². The molecule has 0 fully saturated rings. The summed E-state index contributed by atoms with van der Waals surface area (Å²) in [7, 11) is 0. The minimum absolute atomic E-state index is 0. The second-order valence-corrected chi connectivity index (χ2v) is 5.15. The highest BCUT2D eigenvalue weighted by Gasteiger charge is 1.98. The van der Waals surface area contributed by atoms with Gasteiger partial charge in [-0.05, 0) is 31.5 Å². The molecule has 1 heterocycles. The summed E-state index contributed by atoms with van der Waals surface area (Å²) in [6.45, 7) is 6.85. The van der Waals surface area contributed by atoms with Crippen LogP contribution in [0.5, 0.6) is 5.75 Å². The maximum Gasteiger partial charge on any atom is 0.191 e. The molecule has 130 valence electrons. The predicted molar refractivity (Wildman–Crippen MR) is 109 cm³/mol. The summed E-state index contributed by atoms with van der Waals surface area (Å²) in [5, 5.41) is 6.51. The van der Waals surface area contributed by atoms with E-state index in [-0.39, 0.29) is 24.0 Å². The molecule has 0 aliphatic heterocycles. The molecule has 1 aromatic heterocycles. The van der Waals surface area contributed by atoms with E-state index in [4.69, 9.17) is 4.74 Å². The number of rotatable bonds is 7. The van der Waals surface area contributed by atoms with E-state index in [2.05, 4.69) is 58.7 Å². The Balaban J connectivity index is 0.00000288. The smallest absolute Gasteiger partial charge is 0.191 e. The number of pyridine rings is 1. The van der Waals surface area contributed by atoms with E-state index in [9.17, 15) is 0 Å². The highest BCUT2D eigenvalue weighted by Crippen LogP contribution is 2.06. The van der Waals surface area contributed by atoms with Crippen LogP contribution in [0.15, 0.2) is 53.8 Å². The van der Waals surface area contributed by atoms with Gasteiger partial charge in [-0.2, -0.15) is 0 Å². The van der Waals surface area contributed by atoms with Gasteiger partial charge in [0.15, 0.2) is 5.96 Å². The van der Waals surface area contributed by atoms with Gasteiger partial charge in [0.1, 0.15) is 12.4 Å². The largest absolute Gasteiger partial charge is 0.490 e. The Morgan fingerprint density at radius 2 is 2.08 bits per heavy atom. The molecule has 0 atom stereocenters.